The zero-order valence-electron chi connectivity index (χ0n) is 11.8. The molecule has 0 bridgehead atoms. The Balaban J connectivity index is 2.87. The minimum atomic E-state index is -1.08. The first kappa shape index (κ1) is 15.6. The second kappa shape index (κ2) is 6.65. The molecule has 7 heteroatoms. The number of methoxy groups -OCH3 is 2. The number of amides is 2. The van der Waals surface area contributed by atoms with Crippen molar-refractivity contribution in [3.05, 3.63) is 18.2 Å². The van der Waals surface area contributed by atoms with Crippen LogP contribution in [-0.2, 0) is 4.79 Å². The highest BCUT2D eigenvalue weighted by Gasteiger charge is 2.21. The molecule has 0 aliphatic carbocycles. The molecule has 1 aromatic rings. The maximum atomic E-state index is 11.9. The number of rotatable bonds is 5. The Morgan fingerprint density at radius 1 is 1.20 bits per heavy atom. The molecule has 0 saturated carbocycles. The summed E-state index contributed by atoms with van der Waals surface area (Å²) in [7, 11) is 4.41. The summed E-state index contributed by atoms with van der Waals surface area (Å²) in [6.45, 7) is 1.42. The third-order valence-corrected chi connectivity index (χ3v) is 2.86. The summed E-state index contributed by atoms with van der Waals surface area (Å²) in [5.41, 5.74) is 0.454. The number of nitrogens with one attached hydrogen (secondary N) is 1. The first-order valence-corrected chi connectivity index (χ1v) is 5.88. The standard InChI is InChI=1S/C13H18N2O5/c1-8(12(16)17)15(2)13(18)14-9-5-10(19-3)7-11(6-9)20-4/h5-8H,1-4H3,(H,14,18)(H,16,17). The second-order valence-electron chi connectivity index (χ2n) is 4.16. The Kier molecular flexibility index (Phi) is 5.19. The van der Waals surface area contributed by atoms with Gasteiger partial charge in [-0.25, -0.2) is 9.59 Å². The van der Waals surface area contributed by atoms with Gasteiger partial charge in [0.2, 0.25) is 0 Å². The molecular weight excluding hydrogens is 264 g/mol. The van der Waals surface area contributed by atoms with Crippen LogP contribution in [0.25, 0.3) is 0 Å². The largest absolute Gasteiger partial charge is 0.497 e. The molecule has 0 radical (unpaired) electrons. The van der Waals surface area contributed by atoms with Crippen molar-refractivity contribution in [1.29, 1.82) is 0 Å². The van der Waals surface area contributed by atoms with Crippen molar-refractivity contribution in [1.82, 2.24) is 4.90 Å². The van der Waals surface area contributed by atoms with E-state index in [0.717, 1.165) is 4.90 Å². The Morgan fingerprint density at radius 3 is 2.10 bits per heavy atom. The van der Waals surface area contributed by atoms with E-state index in [-0.39, 0.29) is 0 Å². The number of benzene rings is 1. The predicted molar refractivity (Wildman–Crippen MR) is 73.4 cm³/mol. The van der Waals surface area contributed by atoms with E-state index in [2.05, 4.69) is 5.32 Å². The number of carboxylic acids is 1. The van der Waals surface area contributed by atoms with Crippen LogP contribution < -0.4 is 14.8 Å². The fraction of sp³-hybridized carbons (Fsp3) is 0.385. The third kappa shape index (κ3) is 3.78. The number of likely N-dealkylation sites (N-methyl/N-ethyl adjacent to an activating group) is 1. The van der Waals surface area contributed by atoms with Crippen LogP contribution >= 0.6 is 0 Å². The van der Waals surface area contributed by atoms with Crippen LogP contribution in [0.5, 0.6) is 11.5 Å². The molecule has 110 valence electrons. The highest BCUT2D eigenvalue weighted by atomic mass is 16.5. The minimum Gasteiger partial charge on any atom is -0.497 e. The van der Waals surface area contributed by atoms with E-state index in [1.54, 1.807) is 18.2 Å². The molecular formula is C13H18N2O5. The highest BCUT2D eigenvalue weighted by Crippen LogP contribution is 2.25. The van der Waals surface area contributed by atoms with Crippen molar-refractivity contribution in [2.45, 2.75) is 13.0 Å². The lowest BCUT2D eigenvalue weighted by Gasteiger charge is -2.22. The van der Waals surface area contributed by atoms with Crippen LogP contribution in [0.2, 0.25) is 0 Å². The second-order valence-corrected chi connectivity index (χ2v) is 4.16. The maximum Gasteiger partial charge on any atom is 0.326 e. The smallest absolute Gasteiger partial charge is 0.326 e. The summed E-state index contributed by atoms with van der Waals surface area (Å²) in [5, 5.41) is 11.5. The molecule has 0 aliphatic heterocycles. The number of urea groups is 1. The summed E-state index contributed by atoms with van der Waals surface area (Å²) in [6.07, 6.45) is 0. The molecule has 1 rings (SSSR count). The summed E-state index contributed by atoms with van der Waals surface area (Å²) < 4.78 is 10.2. The fourth-order valence-corrected chi connectivity index (χ4v) is 1.43. The van der Waals surface area contributed by atoms with Gasteiger partial charge in [0.15, 0.2) is 0 Å². The van der Waals surface area contributed by atoms with Crippen molar-refractivity contribution in [3.8, 4) is 11.5 Å². The number of anilines is 1. The van der Waals surface area contributed by atoms with Crippen LogP contribution in [0.3, 0.4) is 0 Å². The van der Waals surface area contributed by atoms with E-state index >= 15 is 0 Å². The molecule has 2 amide bonds. The van der Waals surface area contributed by atoms with Crippen LogP contribution in [0.15, 0.2) is 18.2 Å². The average Bonchev–Trinajstić information content (AvgIpc) is 2.44. The molecule has 0 aliphatic rings. The van der Waals surface area contributed by atoms with Gasteiger partial charge in [0.25, 0.3) is 0 Å². The van der Waals surface area contributed by atoms with Gasteiger partial charge >= 0.3 is 12.0 Å². The van der Waals surface area contributed by atoms with E-state index in [4.69, 9.17) is 14.6 Å². The zero-order valence-corrected chi connectivity index (χ0v) is 11.8. The van der Waals surface area contributed by atoms with E-state index in [1.165, 1.54) is 28.2 Å². The van der Waals surface area contributed by atoms with Crippen molar-refractivity contribution >= 4 is 17.7 Å². The summed E-state index contributed by atoms with van der Waals surface area (Å²) in [4.78, 5) is 23.9. The van der Waals surface area contributed by atoms with Gasteiger partial charge < -0.3 is 24.8 Å². The molecule has 2 N–H and O–H groups in total. The SMILES string of the molecule is COc1cc(NC(=O)N(C)C(C)C(=O)O)cc(OC)c1. The van der Waals surface area contributed by atoms with Crippen molar-refractivity contribution in [2.24, 2.45) is 0 Å². The lowest BCUT2D eigenvalue weighted by molar-refractivity contribution is -0.141. The number of carboxylic acid groups (broad SMARTS) is 1. The van der Waals surface area contributed by atoms with Gasteiger partial charge in [-0.15, -0.1) is 0 Å². The summed E-state index contributed by atoms with van der Waals surface area (Å²) in [6, 6.07) is 3.43. The number of carbonyl (C=O) groups excluding carboxylic acids is 1. The van der Waals surface area contributed by atoms with Crippen molar-refractivity contribution in [2.75, 3.05) is 26.6 Å². The lowest BCUT2D eigenvalue weighted by Crippen LogP contribution is -2.42. The Hall–Kier alpha value is -2.44. The van der Waals surface area contributed by atoms with Gasteiger partial charge in [-0.2, -0.15) is 0 Å². The average molecular weight is 282 g/mol. The number of carbonyl (C=O) groups is 2. The molecule has 0 aromatic heterocycles. The topological polar surface area (TPSA) is 88.1 Å². The zero-order chi connectivity index (χ0) is 15.3. The fourth-order valence-electron chi connectivity index (χ4n) is 1.43. The van der Waals surface area contributed by atoms with Gasteiger partial charge in [-0.3, -0.25) is 0 Å². The summed E-state index contributed by atoms with van der Waals surface area (Å²) >= 11 is 0. The minimum absolute atomic E-state index is 0.454. The van der Waals surface area contributed by atoms with Crippen LogP contribution in [0, 0.1) is 0 Å². The van der Waals surface area contributed by atoms with Gasteiger partial charge in [0.1, 0.15) is 17.5 Å². The number of aliphatic carboxylic acids is 1. The quantitative estimate of drug-likeness (QED) is 0.857. The Bertz CT molecular complexity index is 481. The van der Waals surface area contributed by atoms with Gasteiger partial charge in [-0.05, 0) is 6.92 Å². The number of hydrogen-bond donors (Lipinski definition) is 2. The van der Waals surface area contributed by atoms with E-state index in [0.29, 0.717) is 17.2 Å². The van der Waals surface area contributed by atoms with Crippen LogP contribution in [0.4, 0.5) is 10.5 Å². The van der Waals surface area contributed by atoms with E-state index < -0.39 is 18.0 Å². The maximum absolute atomic E-state index is 11.9. The molecule has 0 heterocycles. The monoisotopic (exact) mass is 282 g/mol. The molecule has 7 nitrogen and oxygen atoms in total. The molecule has 0 spiro atoms. The molecule has 1 aromatic carbocycles. The number of nitrogens with zero attached hydrogens (tertiary/aromatic N) is 1. The molecule has 0 fully saturated rings. The lowest BCUT2D eigenvalue weighted by atomic mass is 10.2. The van der Waals surface area contributed by atoms with Gasteiger partial charge in [-0.1, -0.05) is 0 Å². The number of ether oxygens (including phenoxy) is 2. The van der Waals surface area contributed by atoms with E-state index in [1.807, 2.05) is 0 Å². The molecule has 1 atom stereocenters. The molecule has 20 heavy (non-hydrogen) atoms. The van der Waals surface area contributed by atoms with Crippen molar-refractivity contribution < 1.29 is 24.2 Å². The number of hydrogen-bond acceptors (Lipinski definition) is 4. The highest BCUT2D eigenvalue weighted by molar-refractivity contribution is 5.92. The van der Waals surface area contributed by atoms with Crippen LogP contribution in [-0.4, -0.2) is 49.3 Å². The third-order valence-electron chi connectivity index (χ3n) is 2.86. The first-order valence-electron chi connectivity index (χ1n) is 5.88. The predicted octanol–water partition coefficient (Wildman–Crippen LogP) is 1.64. The van der Waals surface area contributed by atoms with Crippen LogP contribution in [0.1, 0.15) is 6.92 Å². The first-order chi connectivity index (χ1) is 9.38. The molecule has 0 saturated heterocycles. The Morgan fingerprint density at radius 2 is 1.70 bits per heavy atom. The Labute approximate surface area is 117 Å². The van der Waals surface area contributed by atoms with Gasteiger partial charge in [0.05, 0.1) is 14.2 Å². The van der Waals surface area contributed by atoms with E-state index in [9.17, 15) is 9.59 Å². The molecule has 1 unspecified atom stereocenters. The van der Waals surface area contributed by atoms with Gasteiger partial charge in [0, 0.05) is 30.9 Å². The van der Waals surface area contributed by atoms with Crippen molar-refractivity contribution in [3.63, 3.8) is 0 Å². The normalized spacial score (nSPS) is 11.4. The summed E-state index contributed by atoms with van der Waals surface area (Å²) in [5.74, 6) is -0.0342.